The number of nitrogens with one attached hydrogen (secondary N) is 2. The van der Waals surface area contributed by atoms with Crippen LogP contribution in [-0.4, -0.2) is 24.1 Å². The number of hydrogen-bond acceptors (Lipinski definition) is 5. The van der Waals surface area contributed by atoms with E-state index < -0.39 is 5.56 Å². The molecule has 0 atom stereocenters. The largest absolute Gasteiger partial charge is 0.490 e. The quantitative estimate of drug-likeness (QED) is 0.489. The Bertz CT molecular complexity index is 1220. The molecule has 2 N–H and O–H groups in total. The molecule has 0 aliphatic carbocycles. The third kappa shape index (κ3) is 5.56. The van der Waals surface area contributed by atoms with Gasteiger partial charge in [-0.25, -0.2) is 0 Å². The highest BCUT2D eigenvalue weighted by Gasteiger charge is 2.18. The van der Waals surface area contributed by atoms with Gasteiger partial charge in [0.2, 0.25) is 0 Å². The van der Waals surface area contributed by atoms with Gasteiger partial charge in [-0.2, -0.15) is 5.26 Å². The molecule has 3 aromatic rings. The number of amides is 1. The maximum Gasteiger partial charge on any atom is 0.266 e. The molecule has 2 aromatic carbocycles. The molecule has 3 rings (SSSR count). The number of aryl methyl sites for hydroxylation is 1. The number of rotatable bonds is 8. The molecule has 0 unspecified atom stereocenters. The van der Waals surface area contributed by atoms with E-state index in [1.54, 1.807) is 25.1 Å². The number of ether oxygens (including phenoxy) is 2. The van der Waals surface area contributed by atoms with E-state index in [2.05, 4.69) is 26.2 Å². The smallest absolute Gasteiger partial charge is 0.266 e. The van der Waals surface area contributed by atoms with Crippen molar-refractivity contribution < 1.29 is 14.3 Å². The summed E-state index contributed by atoms with van der Waals surface area (Å²) in [5.74, 6) is 0.509. The Morgan fingerprint density at radius 3 is 2.53 bits per heavy atom. The third-order valence-electron chi connectivity index (χ3n) is 4.59. The maximum atomic E-state index is 12.2. The number of carbonyl (C=O) groups excluding carboxylic acids is 1. The zero-order chi connectivity index (χ0) is 23.1. The van der Waals surface area contributed by atoms with Gasteiger partial charge in [0.1, 0.15) is 11.6 Å². The topological polar surface area (TPSA) is 104 Å². The minimum atomic E-state index is -0.456. The van der Waals surface area contributed by atoms with Crippen LogP contribution in [0.15, 0.2) is 57.8 Å². The highest BCUT2D eigenvalue weighted by atomic mass is 79.9. The fraction of sp³-hybridized carbons (Fsp3) is 0.208. The van der Waals surface area contributed by atoms with Gasteiger partial charge in [0.05, 0.1) is 6.61 Å². The van der Waals surface area contributed by atoms with Gasteiger partial charge in [0.15, 0.2) is 18.1 Å². The number of hydrogen-bond donors (Lipinski definition) is 2. The summed E-state index contributed by atoms with van der Waals surface area (Å²) in [7, 11) is 0. The number of pyridine rings is 1. The number of halogens is 1. The Kier molecular flexibility index (Phi) is 7.68. The average molecular weight is 496 g/mol. The lowest BCUT2D eigenvalue weighted by Gasteiger charge is -2.16. The van der Waals surface area contributed by atoms with Crippen LogP contribution in [0.1, 0.15) is 23.7 Å². The summed E-state index contributed by atoms with van der Waals surface area (Å²) in [4.78, 5) is 27.1. The molecule has 0 fully saturated rings. The average Bonchev–Trinajstić information content (AvgIpc) is 2.78. The summed E-state index contributed by atoms with van der Waals surface area (Å²) in [6, 6.07) is 16.6. The van der Waals surface area contributed by atoms with Crippen LogP contribution in [-0.2, 0) is 11.3 Å². The van der Waals surface area contributed by atoms with Crippen molar-refractivity contribution in [1.82, 2.24) is 10.3 Å². The first kappa shape index (κ1) is 23.1. The minimum Gasteiger partial charge on any atom is -0.490 e. The predicted molar refractivity (Wildman–Crippen MR) is 125 cm³/mol. The fourth-order valence-electron chi connectivity index (χ4n) is 3.13. The second-order valence-corrected chi connectivity index (χ2v) is 7.80. The van der Waals surface area contributed by atoms with Gasteiger partial charge in [-0.15, -0.1) is 0 Å². The summed E-state index contributed by atoms with van der Waals surface area (Å²) >= 11 is 3.49. The Labute approximate surface area is 194 Å². The maximum absolute atomic E-state index is 12.2. The molecular weight excluding hydrogens is 474 g/mol. The molecule has 0 saturated carbocycles. The van der Waals surface area contributed by atoms with E-state index in [0.29, 0.717) is 45.9 Å². The Morgan fingerprint density at radius 1 is 1.12 bits per heavy atom. The molecule has 1 amide bonds. The summed E-state index contributed by atoms with van der Waals surface area (Å²) in [6.45, 7) is 4.16. The molecule has 8 heteroatoms. The molecule has 0 aliphatic rings. The van der Waals surface area contributed by atoms with E-state index in [0.717, 1.165) is 5.56 Å². The number of nitrogens with zero attached hydrogens (tertiary/aromatic N) is 1. The lowest BCUT2D eigenvalue weighted by Crippen LogP contribution is -2.28. The van der Waals surface area contributed by atoms with Gasteiger partial charge in [0, 0.05) is 27.8 Å². The standard InChI is InChI=1S/C24H22BrN3O4/c1-3-31-21-10-18(17-9-15(2)28-24(30)19(17)12-26)20(25)11-22(21)32-14-23(29)27-13-16-7-5-4-6-8-16/h4-11H,3,13-14H2,1-2H3,(H,27,29)(H,28,30). The summed E-state index contributed by atoms with van der Waals surface area (Å²) in [5, 5.41) is 12.3. The van der Waals surface area contributed by atoms with Crippen LogP contribution < -0.4 is 20.3 Å². The van der Waals surface area contributed by atoms with Crippen LogP contribution in [0.2, 0.25) is 0 Å². The summed E-state index contributed by atoms with van der Waals surface area (Å²) in [6.07, 6.45) is 0. The fourth-order valence-corrected chi connectivity index (χ4v) is 3.66. The molecule has 1 aromatic heterocycles. The minimum absolute atomic E-state index is 0.00714. The molecule has 0 spiro atoms. The molecule has 0 aliphatic heterocycles. The molecule has 7 nitrogen and oxygen atoms in total. The van der Waals surface area contributed by atoms with Crippen LogP contribution in [0.3, 0.4) is 0 Å². The van der Waals surface area contributed by atoms with Crippen molar-refractivity contribution in [2.75, 3.05) is 13.2 Å². The lowest BCUT2D eigenvalue weighted by atomic mass is 10.0. The van der Waals surface area contributed by atoms with Crippen LogP contribution in [0, 0.1) is 18.3 Å². The highest BCUT2D eigenvalue weighted by molar-refractivity contribution is 9.10. The van der Waals surface area contributed by atoms with Crippen molar-refractivity contribution in [3.05, 3.63) is 80.2 Å². The first-order valence-corrected chi connectivity index (χ1v) is 10.8. The van der Waals surface area contributed by atoms with Gasteiger partial charge < -0.3 is 19.8 Å². The summed E-state index contributed by atoms with van der Waals surface area (Å²) < 4.78 is 12.0. The molecular formula is C24H22BrN3O4. The van der Waals surface area contributed by atoms with Gasteiger partial charge >= 0.3 is 0 Å². The number of aromatic nitrogens is 1. The molecule has 1 heterocycles. The second-order valence-electron chi connectivity index (χ2n) is 6.94. The SMILES string of the molecule is CCOc1cc(-c2cc(C)[nH]c(=O)c2C#N)c(Br)cc1OCC(=O)NCc1ccccc1. The van der Waals surface area contributed by atoms with Crippen LogP contribution >= 0.6 is 15.9 Å². The van der Waals surface area contributed by atoms with Gasteiger partial charge in [-0.3, -0.25) is 9.59 Å². The van der Waals surface area contributed by atoms with Crippen LogP contribution in [0.4, 0.5) is 0 Å². The Morgan fingerprint density at radius 2 is 1.84 bits per heavy atom. The van der Waals surface area contributed by atoms with Gasteiger partial charge in [0.25, 0.3) is 11.5 Å². The Balaban J connectivity index is 1.83. The van der Waals surface area contributed by atoms with Crippen molar-refractivity contribution in [2.45, 2.75) is 20.4 Å². The van der Waals surface area contributed by atoms with E-state index in [-0.39, 0.29) is 18.1 Å². The first-order chi connectivity index (χ1) is 15.4. The van der Waals surface area contributed by atoms with Crippen molar-refractivity contribution >= 4 is 21.8 Å². The number of nitriles is 1. The highest BCUT2D eigenvalue weighted by Crippen LogP contribution is 2.39. The zero-order valence-corrected chi connectivity index (χ0v) is 19.3. The van der Waals surface area contributed by atoms with Crippen molar-refractivity contribution in [1.29, 1.82) is 5.26 Å². The molecule has 0 bridgehead atoms. The van der Waals surface area contributed by atoms with Gasteiger partial charge in [-0.1, -0.05) is 46.3 Å². The first-order valence-electron chi connectivity index (χ1n) is 9.97. The monoisotopic (exact) mass is 495 g/mol. The van der Waals surface area contributed by atoms with Crippen molar-refractivity contribution in [3.63, 3.8) is 0 Å². The number of carbonyl (C=O) groups is 1. The molecule has 164 valence electrons. The normalized spacial score (nSPS) is 10.3. The molecule has 0 saturated heterocycles. The number of H-pyrrole nitrogens is 1. The van der Waals surface area contributed by atoms with Crippen molar-refractivity contribution in [3.8, 4) is 28.7 Å². The second kappa shape index (κ2) is 10.6. The zero-order valence-electron chi connectivity index (χ0n) is 17.7. The summed E-state index contributed by atoms with van der Waals surface area (Å²) in [5.41, 5.74) is 2.26. The van der Waals surface area contributed by atoms with E-state index in [4.69, 9.17) is 9.47 Å². The van der Waals surface area contributed by atoms with Crippen LogP contribution in [0.5, 0.6) is 11.5 Å². The number of benzene rings is 2. The van der Waals surface area contributed by atoms with E-state index in [9.17, 15) is 14.9 Å². The lowest BCUT2D eigenvalue weighted by molar-refractivity contribution is -0.123. The Hall–Kier alpha value is -3.57. The van der Waals surface area contributed by atoms with E-state index in [1.807, 2.05) is 43.3 Å². The van der Waals surface area contributed by atoms with Gasteiger partial charge in [-0.05, 0) is 37.6 Å². The van der Waals surface area contributed by atoms with E-state index >= 15 is 0 Å². The molecule has 32 heavy (non-hydrogen) atoms. The molecule has 0 radical (unpaired) electrons. The van der Waals surface area contributed by atoms with Crippen molar-refractivity contribution in [2.24, 2.45) is 0 Å². The number of aromatic amines is 1. The van der Waals surface area contributed by atoms with Crippen LogP contribution in [0.25, 0.3) is 11.1 Å². The predicted octanol–water partition coefficient (Wildman–Crippen LogP) is 4.08. The third-order valence-corrected chi connectivity index (χ3v) is 5.25. The van der Waals surface area contributed by atoms with E-state index in [1.165, 1.54) is 0 Å².